The molecule has 2 amide bonds. The lowest BCUT2D eigenvalue weighted by Crippen LogP contribution is -2.41. The molecule has 4 rings (SSSR count). The summed E-state index contributed by atoms with van der Waals surface area (Å²) in [5.41, 5.74) is 5.65. The fraction of sp³-hybridized carbons (Fsp3) is 0.258. The number of nitrogens with zero attached hydrogens (tertiary/aromatic N) is 2. The Morgan fingerprint density at radius 3 is 1.93 bits per heavy atom. The summed E-state index contributed by atoms with van der Waals surface area (Å²) in [7, 11) is 0. The molecule has 1 aromatic heterocycles. The molecule has 0 aliphatic rings. The highest BCUT2D eigenvalue weighted by Crippen LogP contribution is 2.29. The van der Waals surface area contributed by atoms with Crippen molar-refractivity contribution in [1.82, 2.24) is 4.57 Å². The van der Waals surface area contributed by atoms with Crippen molar-refractivity contribution in [2.75, 3.05) is 10.6 Å². The van der Waals surface area contributed by atoms with Crippen LogP contribution in [0.4, 0.5) is 21.0 Å². The average molecular weight is 631 g/mol. The number of halogens is 2. The number of carbonyl (C=O) groups excluding carboxylic acids is 3. The van der Waals surface area contributed by atoms with E-state index in [4.69, 9.17) is 38.4 Å². The lowest BCUT2D eigenvalue weighted by Gasteiger charge is -2.26. The molecule has 4 aromatic rings. The topological polar surface area (TPSA) is 104 Å². The zero-order valence-corrected chi connectivity index (χ0v) is 26.6. The Bertz CT molecular complexity index is 1560. The summed E-state index contributed by atoms with van der Waals surface area (Å²) in [4.78, 5) is 41.4. The number of para-hydroxylation sites is 1. The van der Waals surface area contributed by atoms with E-state index >= 15 is 0 Å². The first-order valence-corrected chi connectivity index (χ1v) is 14.1. The van der Waals surface area contributed by atoms with Crippen molar-refractivity contribution < 1.29 is 23.9 Å². The van der Waals surface area contributed by atoms with Crippen molar-refractivity contribution in [1.29, 1.82) is 0 Å². The van der Waals surface area contributed by atoms with E-state index in [0.29, 0.717) is 32.3 Å². The number of hydrogen-bond donors (Lipinski definition) is 2. The van der Waals surface area contributed by atoms with Gasteiger partial charge >= 0.3 is 12.2 Å². The lowest BCUT2D eigenvalue weighted by atomic mass is 10.1. The van der Waals surface area contributed by atoms with Crippen LogP contribution in [0.1, 0.15) is 51.9 Å². The van der Waals surface area contributed by atoms with E-state index in [1.807, 2.05) is 0 Å². The molecule has 42 heavy (non-hydrogen) atoms. The number of hydrogen-bond acceptors (Lipinski definition) is 7. The third-order valence-corrected chi connectivity index (χ3v) is 5.99. The number of thiol groups is 1. The Morgan fingerprint density at radius 2 is 1.40 bits per heavy atom. The number of imide groups is 1. The van der Waals surface area contributed by atoms with Gasteiger partial charge < -0.3 is 15.2 Å². The van der Waals surface area contributed by atoms with E-state index in [-0.39, 0.29) is 5.56 Å². The molecule has 11 heteroatoms. The molecule has 0 radical (unpaired) electrons. The zero-order valence-electron chi connectivity index (χ0n) is 24.1. The predicted molar refractivity (Wildman–Crippen MR) is 171 cm³/mol. The molecule has 0 saturated heterocycles. The Kier molecular flexibility index (Phi) is 10.3. The minimum atomic E-state index is -0.827. The second-order valence-corrected chi connectivity index (χ2v) is 12.6. The van der Waals surface area contributed by atoms with E-state index < -0.39 is 29.3 Å². The highest BCUT2D eigenvalue weighted by atomic mass is 35.5. The second kappa shape index (κ2) is 13.1. The average Bonchev–Trinajstić information content (AvgIpc) is 3.21. The van der Waals surface area contributed by atoms with Gasteiger partial charge in [-0.2, -0.15) is 0 Å². The van der Waals surface area contributed by atoms with Gasteiger partial charge in [0.15, 0.2) is 0 Å². The van der Waals surface area contributed by atoms with Crippen molar-refractivity contribution in [3.63, 3.8) is 0 Å². The van der Waals surface area contributed by atoms with Crippen LogP contribution in [0.15, 0.2) is 77.8 Å². The number of ether oxygens (including phenoxy) is 2. The Morgan fingerprint density at radius 1 is 0.833 bits per heavy atom. The molecule has 0 unspecified atom stereocenters. The molecule has 0 aliphatic carbocycles. The van der Waals surface area contributed by atoms with E-state index in [2.05, 4.69) is 12.6 Å². The highest BCUT2D eigenvalue weighted by molar-refractivity contribution is 7.80. The smallest absolute Gasteiger partial charge is 0.422 e. The van der Waals surface area contributed by atoms with Gasteiger partial charge in [0.1, 0.15) is 11.2 Å². The number of aromatic nitrogens is 1. The van der Waals surface area contributed by atoms with Crippen LogP contribution in [0, 0.1) is 0 Å². The van der Waals surface area contributed by atoms with Gasteiger partial charge in [0, 0.05) is 32.2 Å². The van der Waals surface area contributed by atoms with Crippen LogP contribution in [0.25, 0.3) is 10.9 Å². The van der Waals surface area contributed by atoms with Gasteiger partial charge in [-0.25, -0.2) is 14.5 Å². The molecular weight excluding hydrogens is 597 g/mol. The molecule has 0 aliphatic heterocycles. The number of anilines is 2. The Balaban J connectivity index is 0.000000458. The van der Waals surface area contributed by atoms with E-state index in [1.54, 1.807) is 108 Å². The Hall–Kier alpha value is -3.66. The molecule has 8 nitrogen and oxygen atoms in total. The summed E-state index contributed by atoms with van der Waals surface area (Å²) in [6, 6.07) is 18.4. The van der Waals surface area contributed by atoms with Gasteiger partial charge in [0.25, 0.3) is 5.91 Å². The van der Waals surface area contributed by atoms with Crippen LogP contribution in [-0.4, -0.2) is 33.9 Å². The first kappa shape index (κ1) is 32.8. The molecule has 0 spiro atoms. The minimum absolute atomic E-state index is 0.130. The molecule has 3 aromatic carbocycles. The van der Waals surface area contributed by atoms with E-state index in [9.17, 15) is 14.4 Å². The van der Waals surface area contributed by atoms with Crippen LogP contribution in [0.5, 0.6) is 0 Å². The van der Waals surface area contributed by atoms with Crippen LogP contribution in [0.3, 0.4) is 0 Å². The summed E-state index contributed by atoms with van der Waals surface area (Å²) in [5, 5.41) is 1.68. The SMILES string of the molecule is CC(C)(C)OC(=O)N(C(=O)c1cn(C(=O)OC(C)(C)C)c2cc(N)ccc12)c1ccccc1.Sc1cc(Cl)cc(Cl)c1. The molecule has 0 fully saturated rings. The zero-order chi connectivity index (χ0) is 31.4. The van der Waals surface area contributed by atoms with Crippen LogP contribution in [0.2, 0.25) is 10.0 Å². The first-order chi connectivity index (χ1) is 19.4. The maximum Gasteiger partial charge on any atom is 0.422 e. The minimum Gasteiger partial charge on any atom is -0.443 e. The monoisotopic (exact) mass is 629 g/mol. The number of carbonyl (C=O) groups is 3. The molecule has 222 valence electrons. The molecule has 2 N–H and O–H groups in total. The highest BCUT2D eigenvalue weighted by Gasteiger charge is 2.32. The standard InChI is InChI=1S/C25H29N3O5.C6H4Cl2S/c1-24(2,3)32-22(30)27-15-19(18-13-12-16(26)14-20(18)27)21(29)28(17-10-8-7-9-11-17)23(31)33-25(4,5)6;7-4-1-5(8)3-6(9)2-4/h7-15H,26H2,1-6H3;1-3,9H. The second-order valence-electron chi connectivity index (χ2n) is 11.3. The number of nitrogens with two attached hydrogens (primary N) is 1. The predicted octanol–water partition coefficient (Wildman–Crippen LogP) is 8.87. The third-order valence-electron chi connectivity index (χ3n) is 5.29. The maximum absolute atomic E-state index is 13.7. The van der Waals surface area contributed by atoms with Crippen molar-refractivity contribution in [2.45, 2.75) is 57.6 Å². The summed E-state index contributed by atoms with van der Waals surface area (Å²) in [6.45, 7) is 10.4. The number of rotatable bonds is 2. The summed E-state index contributed by atoms with van der Waals surface area (Å²) < 4.78 is 12.2. The molecular formula is C31H33Cl2N3O5S. The van der Waals surface area contributed by atoms with Gasteiger partial charge in [0.2, 0.25) is 0 Å². The van der Waals surface area contributed by atoms with Gasteiger partial charge in [-0.05, 0) is 90.1 Å². The Labute approximate surface area is 260 Å². The van der Waals surface area contributed by atoms with Crippen molar-refractivity contribution in [3.05, 3.63) is 88.5 Å². The van der Waals surface area contributed by atoms with Gasteiger partial charge in [-0.15, -0.1) is 12.6 Å². The van der Waals surface area contributed by atoms with Gasteiger partial charge in [0.05, 0.1) is 16.8 Å². The number of nitrogen functional groups attached to an aromatic ring is 1. The number of amides is 2. The van der Waals surface area contributed by atoms with Crippen LogP contribution < -0.4 is 10.6 Å². The third kappa shape index (κ3) is 8.92. The van der Waals surface area contributed by atoms with Crippen molar-refractivity contribution in [3.8, 4) is 0 Å². The maximum atomic E-state index is 13.7. The van der Waals surface area contributed by atoms with Crippen molar-refractivity contribution >= 4 is 76.2 Å². The fourth-order valence-corrected chi connectivity index (χ4v) is 4.68. The molecule has 0 bridgehead atoms. The summed E-state index contributed by atoms with van der Waals surface area (Å²) in [5.74, 6) is -0.646. The largest absolute Gasteiger partial charge is 0.443 e. The number of benzene rings is 3. The fourth-order valence-electron chi connectivity index (χ4n) is 3.73. The lowest BCUT2D eigenvalue weighted by molar-refractivity contribution is 0.0541. The van der Waals surface area contributed by atoms with E-state index in [1.165, 1.54) is 10.8 Å². The van der Waals surface area contributed by atoms with E-state index in [0.717, 1.165) is 9.80 Å². The van der Waals surface area contributed by atoms with Gasteiger partial charge in [-0.1, -0.05) is 41.4 Å². The van der Waals surface area contributed by atoms with Crippen LogP contribution >= 0.6 is 35.8 Å². The number of fused-ring (bicyclic) bond motifs is 1. The molecule has 1 heterocycles. The summed E-state index contributed by atoms with van der Waals surface area (Å²) in [6.07, 6.45) is -0.131. The quantitative estimate of drug-likeness (QED) is 0.169. The molecule has 0 saturated carbocycles. The summed E-state index contributed by atoms with van der Waals surface area (Å²) >= 11 is 15.3. The van der Waals surface area contributed by atoms with Gasteiger partial charge in [-0.3, -0.25) is 9.36 Å². The van der Waals surface area contributed by atoms with Crippen LogP contribution in [-0.2, 0) is 9.47 Å². The van der Waals surface area contributed by atoms with Crippen molar-refractivity contribution in [2.24, 2.45) is 0 Å². The molecule has 0 atom stereocenters. The first-order valence-electron chi connectivity index (χ1n) is 12.9. The normalized spacial score (nSPS) is 11.4.